The molecule has 0 bridgehead atoms. The molecule has 208 valence electrons. The summed E-state index contributed by atoms with van der Waals surface area (Å²) in [6.45, 7) is 10.4. The lowest BCUT2D eigenvalue weighted by molar-refractivity contribution is -0.138. The molecule has 4 N–H and O–H groups in total. The second kappa shape index (κ2) is 12.7. The van der Waals surface area contributed by atoms with E-state index in [0.29, 0.717) is 35.9 Å². The summed E-state index contributed by atoms with van der Waals surface area (Å²) in [6, 6.07) is 1.03. The summed E-state index contributed by atoms with van der Waals surface area (Å²) in [5, 5.41) is 16.8. The van der Waals surface area contributed by atoms with E-state index in [0.717, 1.165) is 11.3 Å². The van der Waals surface area contributed by atoms with Gasteiger partial charge in [-0.15, -0.1) is 0 Å². The van der Waals surface area contributed by atoms with Gasteiger partial charge in [-0.3, -0.25) is 24.1 Å². The van der Waals surface area contributed by atoms with E-state index in [1.165, 1.54) is 6.92 Å². The summed E-state index contributed by atoms with van der Waals surface area (Å²) in [5.41, 5.74) is 0.606. The molecule has 1 aliphatic carbocycles. The molecule has 1 saturated carbocycles. The number of carbonyl (C=O) groups excluding carboxylic acids is 5. The zero-order valence-corrected chi connectivity index (χ0v) is 22.8. The van der Waals surface area contributed by atoms with Gasteiger partial charge in [0.25, 0.3) is 11.8 Å². The first-order valence-corrected chi connectivity index (χ1v) is 12.6. The third-order valence-corrected chi connectivity index (χ3v) is 6.54. The zero-order chi connectivity index (χ0) is 28.8. The van der Waals surface area contributed by atoms with Crippen molar-refractivity contribution in [1.29, 1.82) is 0 Å². The predicted octanol–water partition coefficient (Wildman–Crippen LogP) is 2.87. The van der Waals surface area contributed by atoms with Gasteiger partial charge in [0.2, 0.25) is 5.91 Å². The van der Waals surface area contributed by atoms with Crippen molar-refractivity contribution >= 4 is 41.7 Å². The zero-order valence-electron chi connectivity index (χ0n) is 22.8. The Morgan fingerprint density at radius 3 is 2.26 bits per heavy atom. The molecule has 0 radical (unpaired) electrons. The fraction of sp³-hybridized carbons (Fsp3) is 0.556. The van der Waals surface area contributed by atoms with Crippen molar-refractivity contribution in [2.45, 2.75) is 85.4 Å². The number of hydrogen-bond donors (Lipinski definition) is 4. The van der Waals surface area contributed by atoms with E-state index in [9.17, 15) is 28.8 Å². The minimum atomic E-state index is -1.30. The number of nitrogens with zero attached hydrogens (tertiary/aromatic N) is 1. The van der Waals surface area contributed by atoms with Gasteiger partial charge >= 0.3 is 12.0 Å². The van der Waals surface area contributed by atoms with Crippen molar-refractivity contribution in [3.8, 4) is 0 Å². The van der Waals surface area contributed by atoms with Crippen molar-refractivity contribution in [3.05, 3.63) is 29.3 Å². The number of carboxylic acids is 1. The predicted molar refractivity (Wildman–Crippen MR) is 140 cm³/mol. The van der Waals surface area contributed by atoms with Crippen LogP contribution < -0.4 is 16.0 Å². The van der Waals surface area contributed by atoms with Crippen LogP contribution >= 0.6 is 0 Å². The molecule has 1 aromatic carbocycles. The Balaban J connectivity index is 2.37. The number of aryl methyl sites for hydroxylation is 1. The van der Waals surface area contributed by atoms with Gasteiger partial charge in [0.05, 0.1) is 12.5 Å². The topological polar surface area (TPSA) is 162 Å². The largest absolute Gasteiger partial charge is 0.481 e. The molecule has 1 aromatic rings. The third-order valence-electron chi connectivity index (χ3n) is 6.54. The van der Waals surface area contributed by atoms with Gasteiger partial charge in [0.1, 0.15) is 12.3 Å². The molecular weight excluding hydrogens is 492 g/mol. The molecule has 38 heavy (non-hydrogen) atoms. The second-order valence-electron chi connectivity index (χ2n) is 11.1. The number of aldehydes is 1. The number of amides is 5. The van der Waals surface area contributed by atoms with E-state index in [4.69, 9.17) is 5.11 Å². The lowest BCUT2D eigenvalue weighted by atomic mass is 9.85. The molecule has 5 amide bonds. The second-order valence-corrected chi connectivity index (χ2v) is 11.1. The fourth-order valence-electron chi connectivity index (χ4n) is 4.60. The van der Waals surface area contributed by atoms with Crippen molar-refractivity contribution in [1.82, 2.24) is 15.5 Å². The van der Waals surface area contributed by atoms with Gasteiger partial charge in [0.15, 0.2) is 0 Å². The number of carbonyl (C=O) groups is 6. The number of anilines is 1. The van der Waals surface area contributed by atoms with E-state index in [-0.39, 0.29) is 11.8 Å². The van der Waals surface area contributed by atoms with Gasteiger partial charge in [0, 0.05) is 24.2 Å². The maximum absolute atomic E-state index is 13.9. The number of carboxylic acid groups (broad SMARTS) is 1. The molecule has 11 heteroatoms. The lowest BCUT2D eigenvalue weighted by Gasteiger charge is -2.37. The monoisotopic (exact) mass is 530 g/mol. The molecule has 0 saturated heterocycles. The molecule has 2 rings (SSSR count). The van der Waals surface area contributed by atoms with E-state index in [2.05, 4.69) is 16.0 Å². The maximum Gasteiger partial charge on any atom is 0.325 e. The molecule has 0 heterocycles. The normalized spacial score (nSPS) is 18.6. The van der Waals surface area contributed by atoms with Gasteiger partial charge in [-0.1, -0.05) is 27.7 Å². The first-order chi connectivity index (χ1) is 17.6. The molecule has 1 aliphatic rings. The Morgan fingerprint density at radius 2 is 1.79 bits per heavy atom. The van der Waals surface area contributed by atoms with Crippen LogP contribution in [0, 0.1) is 18.3 Å². The van der Waals surface area contributed by atoms with Crippen molar-refractivity contribution in [3.63, 3.8) is 0 Å². The molecule has 4 unspecified atom stereocenters. The Bertz CT molecular complexity index is 1100. The van der Waals surface area contributed by atoms with Crippen molar-refractivity contribution in [2.75, 3.05) is 5.32 Å². The van der Waals surface area contributed by atoms with Crippen LogP contribution in [0.4, 0.5) is 10.5 Å². The first kappa shape index (κ1) is 30.5. The average Bonchev–Trinajstić information content (AvgIpc) is 3.20. The quantitative estimate of drug-likeness (QED) is 0.357. The van der Waals surface area contributed by atoms with Crippen molar-refractivity contribution in [2.24, 2.45) is 11.3 Å². The number of urea groups is 1. The van der Waals surface area contributed by atoms with E-state index in [1.54, 1.807) is 45.9 Å². The van der Waals surface area contributed by atoms with Crippen LogP contribution in [-0.4, -0.2) is 64.1 Å². The molecule has 1 fully saturated rings. The highest BCUT2D eigenvalue weighted by atomic mass is 16.4. The van der Waals surface area contributed by atoms with E-state index < -0.39 is 53.8 Å². The molecule has 0 spiro atoms. The number of nitrogens with one attached hydrogen (secondary N) is 3. The van der Waals surface area contributed by atoms with Crippen LogP contribution in [0.1, 0.15) is 76.2 Å². The van der Waals surface area contributed by atoms with Crippen LogP contribution in [0.15, 0.2) is 18.2 Å². The fourth-order valence-corrected chi connectivity index (χ4v) is 4.60. The molecule has 0 aliphatic heterocycles. The molecule has 4 atom stereocenters. The van der Waals surface area contributed by atoms with Gasteiger partial charge < -0.3 is 25.9 Å². The standard InChI is InChI=1S/C27H38N4O7/c1-15-7-9-20(11-15)31(26(38)29-19(14-32)13-22(34)35)25(37)23(27(4,5)6)30-24(36)21-10-8-18(12-16(21)2)28-17(3)33/h8,10,12,14-15,19-20,23H,7,9,11,13H2,1-6H3,(H,28,33)(H,29,38)(H,30,36)(H,34,35). The summed E-state index contributed by atoms with van der Waals surface area (Å²) in [7, 11) is 0. The van der Waals surface area contributed by atoms with E-state index >= 15 is 0 Å². The summed E-state index contributed by atoms with van der Waals surface area (Å²) >= 11 is 0. The summed E-state index contributed by atoms with van der Waals surface area (Å²) in [6.07, 6.45) is 1.60. The number of hydrogen-bond acceptors (Lipinski definition) is 6. The van der Waals surface area contributed by atoms with Gasteiger partial charge in [-0.05, 0) is 61.3 Å². The lowest BCUT2D eigenvalue weighted by Crippen LogP contribution is -2.60. The number of benzene rings is 1. The number of rotatable bonds is 9. The third kappa shape index (κ3) is 8.12. The molecule has 11 nitrogen and oxygen atoms in total. The Kier molecular flexibility index (Phi) is 10.1. The van der Waals surface area contributed by atoms with Crippen LogP contribution in [0.3, 0.4) is 0 Å². The van der Waals surface area contributed by atoms with Gasteiger partial charge in [-0.25, -0.2) is 4.79 Å². The van der Waals surface area contributed by atoms with Crippen LogP contribution in [0.25, 0.3) is 0 Å². The Morgan fingerprint density at radius 1 is 1.13 bits per heavy atom. The highest BCUT2D eigenvalue weighted by Crippen LogP contribution is 2.31. The molecular formula is C27H38N4O7. The number of aliphatic carboxylic acids is 1. The van der Waals surface area contributed by atoms with Crippen LogP contribution in [-0.2, 0) is 19.2 Å². The molecule has 0 aromatic heterocycles. The summed E-state index contributed by atoms with van der Waals surface area (Å²) in [5.74, 6) is -2.43. The SMILES string of the molecule is CC(=O)Nc1ccc(C(=O)NC(C(=O)N(C(=O)NC(C=O)CC(=O)O)C2CCC(C)C2)C(C)(C)C)c(C)c1. The smallest absolute Gasteiger partial charge is 0.325 e. The summed E-state index contributed by atoms with van der Waals surface area (Å²) < 4.78 is 0. The Labute approximate surface area is 222 Å². The minimum absolute atomic E-state index is 0.250. The minimum Gasteiger partial charge on any atom is -0.481 e. The Hall–Kier alpha value is -3.76. The van der Waals surface area contributed by atoms with Gasteiger partial charge in [-0.2, -0.15) is 0 Å². The maximum atomic E-state index is 13.9. The average molecular weight is 531 g/mol. The highest BCUT2D eigenvalue weighted by Gasteiger charge is 2.43. The van der Waals surface area contributed by atoms with E-state index in [1.807, 2.05) is 6.92 Å². The summed E-state index contributed by atoms with van der Waals surface area (Å²) in [4.78, 5) is 75.4. The van der Waals surface area contributed by atoms with Crippen LogP contribution in [0.5, 0.6) is 0 Å². The van der Waals surface area contributed by atoms with Crippen molar-refractivity contribution < 1.29 is 33.9 Å². The number of imide groups is 1. The highest BCUT2D eigenvalue weighted by molar-refractivity contribution is 6.03. The van der Waals surface area contributed by atoms with Crippen LogP contribution in [0.2, 0.25) is 0 Å². The first-order valence-electron chi connectivity index (χ1n) is 12.6.